The number of hydrogen-bond donors (Lipinski definition) is 4. The van der Waals surface area contributed by atoms with Crippen LogP contribution in [0.2, 0.25) is 0 Å². The average Bonchev–Trinajstić information content (AvgIpc) is 3.45. The van der Waals surface area contributed by atoms with Crippen LogP contribution in [0.15, 0.2) is 55.0 Å². The number of aliphatic hydroxyl groups excluding tert-OH is 1. The molecule has 43 heavy (non-hydrogen) atoms. The molecule has 1 fully saturated rings. The molecule has 0 radical (unpaired) electrons. The number of anilines is 2. The van der Waals surface area contributed by atoms with Gasteiger partial charge in [-0.15, -0.1) is 12.4 Å². The molecule has 1 atom stereocenters. The van der Waals surface area contributed by atoms with Gasteiger partial charge in [0, 0.05) is 60.8 Å². The van der Waals surface area contributed by atoms with Gasteiger partial charge in [-0.25, -0.2) is 14.4 Å². The molecule has 4 aromatic rings. The summed E-state index contributed by atoms with van der Waals surface area (Å²) in [5.41, 5.74) is 9.69. The van der Waals surface area contributed by atoms with E-state index in [-0.39, 0.29) is 49.0 Å². The van der Waals surface area contributed by atoms with Crippen molar-refractivity contribution in [1.29, 1.82) is 0 Å². The SMILES string of the molecule is COc1ccc(-c2cnc3c(Nc4ccc(C(=O)N5CCC(C(=O)NCC(N)CO)CC5)c(C)c4)nccn23)cc1F.Cl. The third kappa shape index (κ3) is 6.87. The van der Waals surface area contributed by atoms with Crippen LogP contribution in [-0.2, 0) is 4.79 Å². The number of likely N-dealkylation sites (tertiary alicyclic amines) is 1. The molecule has 228 valence electrons. The zero-order valence-electron chi connectivity index (χ0n) is 23.9. The van der Waals surface area contributed by atoms with E-state index in [9.17, 15) is 14.0 Å². The van der Waals surface area contributed by atoms with Gasteiger partial charge in [0.1, 0.15) is 0 Å². The molecule has 5 rings (SSSR count). The number of rotatable bonds is 9. The van der Waals surface area contributed by atoms with Crippen molar-refractivity contribution in [2.75, 3.05) is 38.7 Å². The van der Waals surface area contributed by atoms with Gasteiger partial charge < -0.3 is 31.1 Å². The number of nitrogens with one attached hydrogen (secondary N) is 2. The summed E-state index contributed by atoms with van der Waals surface area (Å²) in [5, 5.41) is 15.1. The summed E-state index contributed by atoms with van der Waals surface area (Å²) in [6.07, 6.45) is 6.18. The van der Waals surface area contributed by atoms with Crippen molar-refractivity contribution in [1.82, 2.24) is 24.6 Å². The summed E-state index contributed by atoms with van der Waals surface area (Å²) in [6.45, 7) is 2.87. The average molecular weight is 612 g/mol. The van der Waals surface area contributed by atoms with Crippen molar-refractivity contribution >= 4 is 41.4 Å². The Kier molecular flexibility index (Phi) is 10.2. The first-order valence-electron chi connectivity index (χ1n) is 13.8. The van der Waals surface area contributed by atoms with Crippen LogP contribution in [0.1, 0.15) is 28.8 Å². The first kappa shape index (κ1) is 31.7. The van der Waals surface area contributed by atoms with Gasteiger partial charge in [0.05, 0.1) is 25.6 Å². The van der Waals surface area contributed by atoms with Crippen LogP contribution in [0.25, 0.3) is 16.9 Å². The number of benzene rings is 2. The Balaban J connectivity index is 0.00000423. The fourth-order valence-corrected chi connectivity index (χ4v) is 5.12. The normalized spacial score (nSPS) is 14.2. The first-order valence-corrected chi connectivity index (χ1v) is 13.8. The van der Waals surface area contributed by atoms with E-state index in [1.807, 2.05) is 23.5 Å². The van der Waals surface area contributed by atoms with Gasteiger partial charge in [0.2, 0.25) is 5.91 Å². The van der Waals surface area contributed by atoms with Gasteiger partial charge in [-0.3, -0.25) is 14.0 Å². The Labute approximate surface area is 254 Å². The summed E-state index contributed by atoms with van der Waals surface area (Å²) >= 11 is 0. The van der Waals surface area contributed by atoms with Gasteiger partial charge in [-0.1, -0.05) is 0 Å². The number of imidazole rings is 1. The summed E-state index contributed by atoms with van der Waals surface area (Å²) in [7, 11) is 1.42. The summed E-state index contributed by atoms with van der Waals surface area (Å²) in [6, 6.07) is 9.75. The van der Waals surface area contributed by atoms with Gasteiger partial charge in [-0.05, 0) is 61.7 Å². The number of aromatic nitrogens is 3. The lowest BCUT2D eigenvalue weighted by Crippen LogP contribution is -2.46. The molecule has 2 amide bonds. The van der Waals surface area contributed by atoms with Crippen LogP contribution in [-0.4, -0.2) is 75.6 Å². The second-order valence-electron chi connectivity index (χ2n) is 10.4. The molecule has 1 aliphatic rings. The largest absolute Gasteiger partial charge is 0.494 e. The lowest BCUT2D eigenvalue weighted by Gasteiger charge is -2.32. The number of aryl methyl sites for hydroxylation is 1. The van der Waals surface area contributed by atoms with Gasteiger partial charge in [0.25, 0.3) is 5.91 Å². The second kappa shape index (κ2) is 13.8. The number of nitrogens with zero attached hydrogens (tertiary/aromatic N) is 4. The fraction of sp³-hybridized carbons (Fsp3) is 0.333. The number of methoxy groups -OCH3 is 1. The maximum absolute atomic E-state index is 14.3. The maximum Gasteiger partial charge on any atom is 0.254 e. The van der Waals surface area contributed by atoms with Crippen LogP contribution in [0, 0.1) is 18.7 Å². The Hall–Kier alpha value is -4.26. The minimum atomic E-state index is -0.484. The quantitative estimate of drug-likeness (QED) is 0.225. The highest BCUT2D eigenvalue weighted by Gasteiger charge is 2.28. The summed E-state index contributed by atoms with van der Waals surface area (Å²) < 4.78 is 21.2. The molecule has 1 aliphatic heterocycles. The third-order valence-electron chi connectivity index (χ3n) is 7.52. The molecule has 1 saturated heterocycles. The number of hydrogen-bond acceptors (Lipinski definition) is 8. The van der Waals surface area contributed by atoms with E-state index in [4.69, 9.17) is 15.6 Å². The Morgan fingerprint density at radius 2 is 1.95 bits per heavy atom. The van der Waals surface area contributed by atoms with E-state index >= 15 is 0 Å². The third-order valence-corrected chi connectivity index (χ3v) is 7.52. The molecule has 11 nitrogen and oxygen atoms in total. The molecular weight excluding hydrogens is 577 g/mol. The number of amides is 2. The Morgan fingerprint density at radius 3 is 2.63 bits per heavy atom. The zero-order valence-corrected chi connectivity index (χ0v) is 24.7. The number of halogens is 2. The number of ether oxygens (including phenoxy) is 1. The molecular formula is C30H35ClFN7O4. The Morgan fingerprint density at radius 1 is 1.19 bits per heavy atom. The molecule has 1 unspecified atom stereocenters. The zero-order chi connectivity index (χ0) is 29.8. The van der Waals surface area contributed by atoms with Gasteiger partial charge in [0.15, 0.2) is 23.0 Å². The lowest BCUT2D eigenvalue weighted by atomic mass is 9.95. The van der Waals surface area contributed by atoms with Gasteiger partial charge in [-0.2, -0.15) is 0 Å². The van der Waals surface area contributed by atoms with Crippen molar-refractivity contribution < 1.29 is 23.8 Å². The predicted octanol–water partition coefficient (Wildman–Crippen LogP) is 3.31. The van der Waals surface area contributed by atoms with Crippen LogP contribution in [0.5, 0.6) is 5.75 Å². The van der Waals surface area contributed by atoms with Crippen molar-refractivity contribution in [3.8, 4) is 17.0 Å². The van der Waals surface area contributed by atoms with Crippen LogP contribution in [0.3, 0.4) is 0 Å². The van der Waals surface area contributed by atoms with E-state index in [0.717, 1.165) is 11.3 Å². The minimum Gasteiger partial charge on any atom is -0.494 e. The van der Waals surface area contributed by atoms with Crippen LogP contribution in [0.4, 0.5) is 15.9 Å². The summed E-state index contributed by atoms with van der Waals surface area (Å²) in [5.74, 6) is -0.142. The monoisotopic (exact) mass is 611 g/mol. The summed E-state index contributed by atoms with van der Waals surface area (Å²) in [4.78, 5) is 36.4. The number of fused-ring (bicyclic) bond motifs is 1. The van der Waals surface area contributed by atoms with E-state index in [1.165, 1.54) is 13.2 Å². The fourth-order valence-electron chi connectivity index (χ4n) is 5.12. The highest BCUT2D eigenvalue weighted by molar-refractivity contribution is 5.96. The molecule has 0 spiro atoms. The highest BCUT2D eigenvalue weighted by atomic mass is 35.5. The Bertz CT molecular complexity index is 1610. The number of piperidine rings is 1. The molecule has 2 aromatic heterocycles. The van der Waals surface area contributed by atoms with E-state index in [1.54, 1.807) is 41.7 Å². The van der Waals surface area contributed by atoms with Crippen LogP contribution < -0.4 is 21.1 Å². The molecule has 5 N–H and O–H groups in total. The van der Waals surface area contributed by atoms with Crippen molar-refractivity contribution in [2.24, 2.45) is 11.7 Å². The lowest BCUT2D eigenvalue weighted by molar-refractivity contribution is -0.126. The number of carbonyl (C=O) groups is 2. The minimum absolute atomic E-state index is 0. The van der Waals surface area contributed by atoms with Crippen molar-refractivity contribution in [2.45, 2.75) is 25.8 Å². The number of aliphatic hydroxyl groups is 1. The smallest absolute Gasteiger partial charge is 0.254 e. The van der Waals surface area contributed by atoms with Crippen LogP contribution >= 0.6 is 12.4 Å². The molecule has 0 bridgehead atoms. The molecule has 2 aromatic carbocycles. The highest BCUT2D eigenvalue weighted by Crippen LogP contribution is 2.29. The maximum atomic E-state index is 14.3. The molecule has 13 heteroatoms. The predicted molar refractivity (Wildman–Crippen MR) is 163 cm³/mol. The van der Waals surface area contributed by atoms with E-state index in [2.05, 4.69) is 20.6 Å². The second-order valence-corrected chi connectivity index (χ2v) is 10.4. The molecule has 0 saturated carbocycles. The topological polar surface area (TPSA) is 147 Å². The van der Waals surface area contributed by atoms with Crippen molar-refractivity contribution in [3.63, 3.8) is 0 Å². The molecule has 0 aliphatic carbocycles. The number of nitrogens with two attached hydrogens (primary N) is 1. The first-order chi connectivity index (χ1) is 20.3. The number of carbonyl (C=O) groups excluding carboxylic acids is 2. The van der Waals surface area contributed by atoms with E-state index < -0.39 is 11.9 Å². The molecule has 3 heterocycles. The van der Waals surface area contributed by atoms with Crippen molar-refractivity contribution in [3.05, 3.63) is 71.9 Å². The van der Waals surface area contributed by atoms with E-state index in [0.29, 0.717) is 54.2 Å². The van der Waals surface area contributed by atoms with Gasteiger partial charge >= 0.3 is 0 Å². The standard InChI is InChI=1S/C30H34FN7O4.ClH/c1-18-13-22(4-5-23(18)30(41)37-10-7-19(8-11-37)29(40)35-15-21(32)17-39)36-27-28-34-16-25(38(28)12-9-33-27)20-3-6-26(42-2)24(31)14-20;/h3-6,9,12-14,16,19,21,39H,7-8,10-11,15,17,32H2,1-2H3,(H,33,36)(H,35,40);1H.